The van der Waals surface area contributed by atoms with Crippen molar-refractivity contribution in [1.82, 2.24) is 20.0 Å². The molecule has 0 atom stereocenters. The fourth-order valence-electron chi connectivity index (χ4n) is 2.13. The first-order valence-corrected chi connectivity index (χ1v) is 7.36. The van der Waals surface area contributed by atoms with Crippen LogP contribution in [-0.2, 0) is 6.54 Å². The van der Waals surface area contributed by atoms with Gasteiger partial charge in [0.25, 0.3) is 0 Å². The number of amides is 2. The summed E-state index contributed by atoms with van der Waals surface area (Å²) in [5.41, 5.74) is 3.02. The van der Waals surface area contributed by atoms with Gasteiger partial charge in [0.15, 0.2) is 0 Å². The van der Waals surface area contributed by atoms with Crippen molar-refractivity contribution in [2.24, 2.45) is 0 Å². The van der Waals surface area contributed by atoms with E-state index < -0.39 is 0 Å². The first kappa shape index (κ1) is 15.8. The zero-order valence-electron chi connectivity index (χ0n) is 13.1. The predicted octanol–water partition coefficient (Wildman–Crippen LogP) is 2.98. The molecule has 2 rings (SSSR count). The highest BCUT2D eigenvalue weighted by atomic mass is 16.2. The maximum atomic E-state index is 12.1. The summed E-state index contributed by atoms with van der Waals surface area (Å²) in [6.45, 7) is 9.48. The van der Waals surface area contributed by atoms with Crippen LogP contribution in [0.5, 0.6) is 0 Å². The molecule has 2 aromatic rings. The molecule has 0 radical (unpaired) electrons. The number of nitrogens with one attached hydrogen (secondary N) is 1. The van der Waals surface area contributed by atoms with Crippen LogP contribution in [0, 0.1) is 0 Å². The van der Waals surface area contributed by atoms with Gasteiger partial charge in [-0.2, -0.15) is 5.10 Å². The van der Waals surface area contributed by atoms with Gasteiger partial charge in [0.2, 0.25) is 0 Å². The third kappa shape index (κ3) is 4.22. The lowest BCUT2D eigenvalue weighted by Crippen LogP contribution is -2.40. The average molecular weight is 298 g/mol. The normalized spacial score (nSPS) is 10.3. The van der Waals surface area contributed by atoms with E-state index >= 15 is 0 Å². The Kier molecular flexibility index (Phi) is 5.36. The molecule has 0 aliphatic heterocycles. The highest BCUT2D eigenvalue weighted by molar-refractivity contribution is 5.74. The maximum absolute atomic E-state index is 12.1. The average Bonchev–Trinajstić information content (AvgIpc) is 3.05. The summed E-state index contributed by atoms with van der Waals surface area (Å²) in [5, 5.41) is 7.12. The Balaban J connectivity index is 1.91. The van der Waals surface area contributed by atoms with Gasteiger partial charge in [0.1, 0.15) is 0 Å². The Hall–Kier alpha value is -2.56. The lowest BCUT2D eigenvalue weighted by molar-refractivity contribution is 0.204. The van der Waals surface area contributed by atoms with Crippen molar-refractivity contribution in [1.29, 1.82) is 0 Å². The molecule has 0 bridgehead atoms. The van der Waals surface area contributed by atoms with Crippen molar-refractivity contribution in [3.63, 3.8) is 0 Å². The lowest BCUT2D eigenvalue weighted by atomic mass is 10.2. The van der Waals surface area contributed by atoms with Gasteiger partial charge in [-0.25, -0.2) is 9.48 Å². The van der Waals surface area contributed by atoms with Gasteiger partial charge >= 0.3 is 6.03 Å². The number of hydrogen-bond donors (Lipinski definition) is 1. The number of rotatable bonds is 6. The molecule has 0 saturated carbocycles. The zero-order valence-corrected chi connectivity index (χ0v) is 13.1. The highest BCUT2D eigenvalue weighted by Gasteiger charge is 2.10. The SMILES string of the molecule is C=C(C)CN(CC)C(=O)NCc1ccc(-n2cccn2)cc1. The van der Waals surface area contributed by atoms with E-state index in [2.05, 4.69) is 17.0 Å². The van der Waals surface area contributed by atoms with E-state index in [4.69, 9.17) is 0 Å². The van der Waals surface area contributed by atoms with Crippen LogP contribution in [0.2, 0.25) is 0 Å². The van der Waals surface area contributed by atoms with Gasteiger partial charge in [-0.15, -0.1) is 0 Å². The number of hydrogen-bond acceptors (Lipinski definition) is 2. The number of carbonyl (C=O) groups is 1. The second-order valence-electron chi connectivity index (χ2n) is 5.25. The minimum atomic E-state index is -0.0679. The molecule has 0 fully saturated rings. The van der Waals surface area contributed by atoms with Crippen LogP contribution in [0.15, 0.2) is 54.9 Å². The van der Waals surface area contributed by atoms with Crippen molar-refractivity contribution >= 4 is 6.03 Å². The lowest BCUT2D eigenvalue weighted by Gasteiger charge is -2.21. The fourth-order valence-corrected chi connectivity index (χ4v) is 2.13. The van der Waals surface area contributed by atoms with E-state index in [0.717, 1.165) is 16.8 Å². The first-order chi connectivity index (χ1) is 10.6. The van der Waals surface area contributed by atoms with Crippen molar-refractivity contribution < 1.29 is 4.79 Å². The van der Waals surface area contributed by atoms with E-state index in [1.165, 1.54) is 0 Å². The molecule has 22 heavy (non-hydrogen) atoms. The Bertz CT molecular complexity index is 617. The number of carbonyl (C=O) groups excluding carboxylic acids is 1. The number of likely N-dealkylation sites (N-methyl/N-ethyl adjacent to an activating group) is 1. The third-order valence-electron chi connectivity index (χ3n) is 3.28. The van der Waals surface area contributed by atoms with Crippen LogP contribution >= 0.6 is 0 Å². The second-order valence-corrected chi connectivity index (χ2v) is 5.25. The van der Waals surface area contributed by atoms with E-state index in [0.29, 0.717) is 19.6 Å². The van der Waals surface area contributed by atoms with Gasteiger partial charge in [-0.05, 0) is 37.6 Å². The van der Waals surface area contributed by atoms with Crippen LogP contribution in [0.4, 0.5) is 4.79 Å². The van der Waals surface area contributed by atoms with Crippen molar-refractivity contribution in [2.45, 2.75) is 20.4 Å². The third-order valence-corrected chi connectivity index (χ3v) is 3.28. The molecular weight excluding hydrogens is 276 g/mol. The van der Waals surface area contributed by atoms with Crippen molar-refractivity contribution in [3.05, 3.63) is 60.4 Å². The molecule has 0 spiro atoms. The monoisotopic (exact) mass is 298 g/mol. The molecule has 116 valence electrons. The van der Waals surface area contributed by atoms with Gasteiger partial charge in [0, 0.05) is 32.0 Å². The fraction of sp³-hybridized carbons (Fsp3) is 0.294. The Morgan fingerprint density at radius 3 is 2.64 bits per heavy atom. The second kappa shape index (κ2) is 7.45. The quantitative estimate of drug-likeness (QED) is 0.834. The molecule has 0 unspecified atom stereocenters. The van der Waals surface area contributed by atoms with E-state index in [1.54, 1.807) is 15.8 Å². The summed E-state index contributed by atoms with van der Waals surface area (Å²) in [4.78, 5) is 13.8. The maximum Gasteiger partial charge on any atom is 0.317 e. The Morgan fingerprint density at radius 1 is 1.36 bits per heavy atom. The molecule has 2 amide bonds. The van der Waals surface area contributed by atoms with E-state index in [1.807, 2.05) is 50.4 Å². The smallest absolute Gasteiger partial charge is 0.317 e. The standard InChI is InChI=1S/C17H22N4O/c1-4-20(13-14(2)3)17(22)18-12-15-6-8-16(9-7-15)21-11-5-10-19-21/h5-11H,2,4,12-13H2,1,3H3,(H,18,22). The van der Waals surface area contributed by atoms with Crippen LogP contribution in [0.25, 0.3) is 5.69 Å². The van der Waals surface area contributed by atoms with Crippen LogP contribution in [0.1, 0.15) is 19.4 Å². The first-order valence-electron chi connectivity index (χ1n) is 7.36. The summed E-state index contributed by atoms with van der Waals surface area (Å²) in [7, 11) is 0. The van der Waals surface area contributed by atoms with Gasteiger partial charge < -0.3 is 10.2 Å². The molecular formula is C17H22N4O. The van der Waals surface area contributed by atoms with Crippen LogP contribution in [-0.4, -0.2) is 33.8 Å². The molecule has 0 saturated heterocycles. The summed E-state index contributed by atoms with van der Waals surface area (Å²) in [5.74, 6) is 0. The molecule has 1 N–H and O–H groups in total. The van der Waals surface area contributed by atoms with Crippen LogP contribution in [0.3, 0.4) is 0 Å². The Morgan fingerprint density at radius 2 is 2.09 bits per heavy atom. The molecule has 1 aromatic heterocycles. The van der Waals surface area contributed by atoms with Gasteiger partial charge in [-0.3, -0.25) is 0 Å². The number of nitrogens with zero attached hydrogens (tertiary/aromatic N) is 3. The van der Waals surface area contributed by atoms with Gasteiger partial charge in [0.05, 0.1) is 5.69 Å². The van der Waals surface area contributed by atoms with E-state index in [-0.39, 0.29) is 6.03 Å². The molecule has 5 nitrogen and oxygen atoms in total. The number of urea groups is 1. The number of aromatic nitrogens is 2. The summed E-state index contributed by atoms with van der Waals surface area (Å²) in [6, 6.07) is 9.77. The molecule has 1 aromatic carbocycles. The molecule has 0 aliphatic rings. The molecule has 0 aliphatic carbocycles. The van der Waals surface area contributed by atoms with E-state index in [9.17, 15) is 4.79 Å². The molecule has 5 heteroatoms. The van der Waals surface area contributed by atoms with Crippen LogP contribution < -0.4 is 5.32 Å². The predicted molar refractivity (Wildman–Crippen MR) is 87.9 cm³/mol. The number of benzene rings is 1. The summed E-state index contributed by atoms with van der Waals surface area (Å²) >= 11 is 0. The zero-order chi connectivity index (χ0) is 15.9. The Labute approximate surface area is 131 Å². The van der Waals surface area contributed by atoms with Gasteiger partial charge in [-0.1, -0.05) is 24.3 Å². The highest BCUT2D eigenvalue weighted by Crippen LogP contribution is 2.08. The van der Waals surface area contributed by atoms with Crippen molar-refractivity contribution in [2.75, 3.05) is 13.1 Å². The minimum absolute atomic E-state index is 0.0679. The largest absolute Gasteiger partial charge is 0.334 e. The summed E-state index contributed by atoms with van der Waals surface area (Å²) < 4.78 is 1.80. The minimum Gasteiger partial charge on any atom is -0.334 e. The summed E-state index contributed by atoms with van der Waals surface area (Å²) in [6.07, 6.45) is 3.64. The topological polar surface area (TPSA) is 50.2 Å². The van der Waals surface area contributed by atoms with Crippen molar-refractivity contribution in [3.8, 4) is 5.69 Å². The molecule has 1 heterocycles.